The number of aromatic nitrogens is 4. The fourth-order valence-electron chi connectivity index (χ4n) is 3.53. The maximum absolute atomic E-state index is 12.3. The predicted molar refractivity (Wildman–Crippen MR) is 129 cm³/mol. The van der Waals surface area contributed by atoms with Gasteiger partial charge < -0.3 is 24.3 Å². The molecule has 4 rings (SSSR count). The Balaban J connectivity index is 1.39. The molecule has 188 valence electrons. The van der Waals surface area contributed by atoms with Crippen molar-refractivity contribution in [2.45, 2.75) is 58.1 Å². The Kier molecular flexibility index (Phi) is 7.97. The molecular formula is C22H29N6O6P. The van der Waals surface area contributed by atoms with Gasteiger partial charge in [0.15, 0.2) is 11.2 Å². The molecule has 4 atom stereocenters. The standard InChI is InChI=1S/C22H29N6O6P/c1-13(2)32-21(30)14(3)27-35(34-15-7-5-4-6-8-15)31-11-16-9-10-17(33-16)28-12-24-18-19(28)25-22(23)26-20(18)29/h4-8,12-14,16-17,27H,9-11H2,1-3H3,(H3,23,25,26,29)/t14-,16?,17?,35?/m1/s1. The predicted octanol–water partition coefficient (Wildman–Crippen LogP) is 2.63. The summed E-state index contributed by atoms with van der Waals surface area (Å²) in [5, 5.41) is 3.08. The molecule has 35 heavy (non-hydrogen) atoms. The highest BCUT2D eigenvalue weighted by molar-refractivity contribution is 7.45. The van der Waals surface area contributed by atoms with Crippen molar-refractivity contribution in [3.8, 4) is 5.75 Å². The summed E-state index contributed by atoms with van der Waals surface area (Å²) >= 11 is 0. The largest absolute Gasteiger partial charge is 0.462 e. The van der Waals surface area contributed by atoms with Gasteiger partial charge in [0.25, 0.3) is 5.56 Å². The fraction of sp³-hybridized carbons (Fsp3) is 0.455. The molecular weight excluding hydrogens is 475 g/mol. The molecule has 3 aromatic rings. The summed E-state index contributed by atoms with van der Waals surface area (Å²) in [6.07, 6.45) is 2.09. The fourth-order valence-corrected chi connectivity index (χ4v) is 4.75. The summed E-state index contributed by atoms with van der Waals surface area (Å²) in [6, 6.07) is 8.58. The molecule has 1 aromatic carbocycles. The summed E-state index contributed by atoms with van der Waals surface area (Å²) in [7, 11) is -1.67. The first-order valence-corrected chi connectivity index (χ1v) is 12.5. The highest BCUT2D eigenvalue weighted by Gasteiger charge is 2.31. The van der Waals surface area contributed by atoms with Gasteiger partial charge in [-0.3, -0.25) is 19.1 Å². The van der Waals surface area contributed by atoms with E-state index in [9.17, 15) is 9.59 Å². The molecule has 0 aliphatic carbocycles. The van der Waals surface area contributed by atoms with Gasteiger partial charge in [0.2, 0.25) is 5.95 Å². The van der Waals surface area contributed by atoms with E-state index in [0.717, 1.165) is 0 Å². The van der Waals surface area contributed by atoms with Gasteiger partial charge >= 0.3 is 14.5 Å². The Morgan fingerprint density at radius 2 is 2.09 bits per heavy atom. The maximum atomic E-state index is 12.3. The Morgan fingerprint density at radius 1 is 1.31 bits per heavy atom. The zero-order valence-corrected chi connectivity index (χ0v) is 20.6. The van der Waals surface area contributed by atoms with Gasteiger partial charge in [0.1, 0.15) is 18.0 Å². The Morgan fingerprint density at radius 3 is 2.83 bits per heavy atom. The average Bonchev–Trinajstić information content (AvgIpc) is 3.44. The average molecular weight is 504 g/mol. The van der Waals surface area contributed by atoms with Crippen LogP contribution < -0.4 is 20.9 Å². The number of rotatable bonds is 10. The number of H-pyrrole nitrogens is 1. The first kappa shape index (κ1) is 25.1. The number of nitrogens with zero attached hydrogens (tertiary/aromatic N) is 3. The van der Waals surface area contributed by atoms with Crippen molar-refractivity contribution in [2.75, 3.05) is 12.3 Å². The first-order valence-electron chi connectivity index (χ1n) is 11.3. The van der Waals surface area contributed by atoms with E-state index in [4.69, 9.17) is 24.3 Å². The number of ether oxygens (including phenoxy) is 2. The number of para-hydroxylation sites is 1. The number of nitrogen functional groups attached to an aromatic ring is 1. The Bertz CT molecular complexity index is 1200. The van der Waals surface area contributed by atoms with Crippen molar-refractivity contribution in [3.05, 3.63) is 47.0 Å². The lowest BCUT2D eigenvalue weighted by Gasteiger charge is -2.23. The van der Waals surface area contributed by atoms with Gasteiger partial charge in [-0.05, 0) is 45.7 Å². The van der Waals surface area contributed by atoms with Gasteiger partial charge in [-0.2, -0.15) is 4.98 Å². The molecule has 3 unspecified atom stereocenters. The lowest BCUT2D eigenvalue weighted by atomic mass is 10.2. The number of hydrogen-bond donors (Lipinski definition) is 3. The second-order valence-corrected chi connectivity index (χ2v) is 9.57. The van der Waals surface area contributed by atoms with Crippen LogP contribution in [0.2, 0.25) is 0 Å². The van der Waals surface area contributed by atoms with Crippen LogP contribution in [0.4, 0.5) is 5.95 Å². The lowest BCUT2D eigenvalue weighted by molar-refractivity contribution is -0.149. The van der Waals surface area contributed by atoms with Crippen LogP contribution in [0.3, 0.4) is 0 Å². The van der Waals surface area contributed by atoms with Crippen LogP contribution in [0.5, 0.6) is 5.75 Å². The number of fused-ring (bicyclic) bond motifs is 1. The van der Waals surface area contributed by atoms with Crippen LogP contribution in [0.25, 0.3) is 11.2 Å². The van der Waals surface area contributed by atoms with E-state index >= 15 is 0 Å². The smallest absolute Gasteiger partial charge is 0.323 e. The molecule has 2 aromatic heterocycles. The van der Waals surface area contributed by atoms with E-state index in [1.165, 1.54) is 6.33 Å². The van der Waals surface area contributed by atoms with Gasteiger partial charge in [0.05, 0.1) is 25.1 Å². The molecule has 1 aliphatic heterocycles. The topological polar surface area (TPSA) is 156 Å². The normalized spacial score (nSPS) is 19.7. The molecule has 4 N–H and O–H groups in total. The number of carbonyl (C=O) groups is 1. The quantitative estimate of drug-likeness (QED) is 0.277. The molecule has 0 saturated carbocycles. The molecule has 0 spiro atoms. The molecule has 0 radical (unpaired) electrons. The Labute approximate surface area is 203 Å². The molecule has 1 fully saturated rings. The number of esters is 1. The number of nitrogens with two attached hydrogens (primary N) is 1. The second kappa shape index (κ2) is 11.1. The lowest BCUT2D eigenvalue weighted by Crippen LogP contribution is -2.35. The third-order valence-electron chi connectivity index (χ3n) is 5.16. The molecule has 12 nitrogen and oxygen atoms in total. The summed E-state index contributed by atoms with van der Waals surface area (Å²) in [6.45, 7) is 5.52. The van der Waals surface area contributed by atoms with Crippen molar-refractivity contribution in [1.82, 2.24) is 24.6 Å². The summed E-state index contributed by atoms with van der Waals surface area (Å²) in [5.41, 5.74) is 5.86. The van der Waals surface area contributed by atoms with E-state index < -0.39 is 26.1 Å². The monoisotopic (exact) mass is 504 g/mol. The number of aromatic amines is 1. The van der Waals surface area contributed by atoms with Gasteiger partial charge in [-0.15, -0.1) is 0 Å². The molecule has 1 aliphatic rings. The SMILES string of the molecule is CC(C)OC(=O)[C@@H](C)NP(OCC1CCC(n2cnc3c(=O)[nH]c(N)nc32)O1)Oc1ccccc1. The number of anilines is 1. The number of carbonyl (C=O) groups excluding carboxylic acids is 1. The molecule has 0 bridgehead atoms. The number of nitrogens with one attached hydrogen (secondary N) is 2. The minimum absolute atomic E-state index is 0.0158. The molecule has 13 heteroatoms. The highest BCUT2D eigenvalue weighted by atomic mass is 31.2. The van der Waals surface area contributed by atoms with E-state index in [-0.39, 0.29) is 36.5 Å². The van der Waals surface area contributed by atoms with E-state index in [2.05, 4.69) is 20.0 Å². The number of hydrogen-bond acceptors (Lipinski definition) is 10. The Hall–Kier alpha value is -3.05. The minimum atomic E-state index is -1.67. The highest BCUT2D eigenvalue weighted by Crippen LogP contribution is 2.38. The summed E-state index contributed by atoms with van der Waals surface area (Å²) in [4.78, 5) is 35.1. The molecule has 1 saturated heterocycles. The summed E-state index contributed by atoms with van der Waals surface area (Å²) < 4.78 is 25.1. The van der Waals surface area contributed by atoms with Gasteiger partial charge in [-0.1, -0.05) is 18.2 Å². The van der Waals surface area contributed by atoms with Crippen LogP contribution >= 0.6 is 8.53 Å². The minimum Gasteiger partial charge on any atom is -0.462 e. The zero-order chi connectivity index (χ0) is 24.9. The second-order valence-electron chi connectivity index (χ2n) is 8.36. The van der Waals surface area contributed by atoms with Crippen molar-refractivity contribution in [3.63, 3.8) is 0 Å². The molecule has 0 amide bonds. The number of imidazole rings is 1. The van der Waals surface area contributed by atoms with Crippen LogP contribution in [0.15, 0.2) is 41.5 Å². The van der Waals surface area contributed by atoms with Crippen molar-refractivity contribution >= 4 is 31.6 Å². The van der Waals surface area contributed by atoms with Crippen LogP contribution in [-0.2, 0) is 18.8 Å². The van der Waals surface area contributed by atoms with Crippen molar-refractivity contribution < 1.29 is 23.3 Å². The molecule has 3 heterocycles. The van der Waals surface area contributed by atoms with Crippen LogP contribution in [-0.4, -0.2) is 50.3 Å². The van der Waals surface area contributed by atoms with Crippen LogP contribution in [0.1, 0.15) is 39.8 Å². The first-order chi connectivity index (χ1) is 16.8. The maximum Gasteiger partial charge on any atom is 0.323 e. The van der Waals surface area contributed by atoms with Crippen molar-refractivity contribution in [2.24, 2.45) is 0 Å². The van der Waals surface area contributed by atoms with Crippen LogP contribution in [0, 0.1) is 0 Å². The van der Waals surface area contributed by atoms with Gasteiger partial charge in [-0.25, -0.2) is 10.1 Å². The third-order valence-corrected chi connectivity index (χ3v) is 6.52. The zero-order valence-electron chi connectivity index (χ0n) is 19.7. The van der Waals surface area contributed by atoms with Gasteiger partial charge in [0, 0.05) is 0 Å². The van der Waals surface area contributed by atoms with Crippen molar-refractivity contribution in [1.29, 1.82) is 0 Å². The van der Waals surface area contributed by atoms with E-state index in [1.807, 2.05) is 30.3 Å². The third kappa shape index (κ3) is 6.34. The van der Waals surface area contributed by atoms with E-state index in [1.54, 1.807) is 25.3 Å². The van der Waals surface area contributed by atoms with E-state index in [0.29, 0.717) is 24.2 Å². The summed E-state index contributed by atoms with van der Waals surface area (Å²) in [5.74, 6) is 0.236. The number of benzene rings is 1.